The van der Waals surface area contributed by atoms with Crippen molar-refractivity contribution in [2.45, 2.75) is 70.5 Å². The van der Waals surface area contributed by atoms with Gasteiger partial charge in [-0.3, -0.25) is 0 Å². The maximum Gasteiger partial charge on any atom is 0.332 e. The Morgan fingerprint density at radius 1 is 1.15 bits per heavy atom. The summed E-state index contributed by atoms with van der Waals surface area (Å²) in [4.78, 5) is 22.2. The number of carbonyl (C=O) groups excluding carboxylic acids is 2. The third kappa shape index (κ3) is 3.70. The zero-order valence-corrected chi connectivity index (χ0v) is 19.8. The molecule has 0 aromatic rings. The van der Waals surface area contributed by atoms with Crippen LogP contribution < -0.4 is 22.3 Å². The van der Waals surface area contributed by atoms with E-state index in [2.05, 4.69) is 28.0 Å². The van der Waals surface area contributed by atoms with Crippen molar-refractivity contribution in [3.8, 4) is 0 Å². The van der Waals surface area contributed by atoms with Gasteiger partial charge >= 0.3 is 12.1 Å². The number of allylic oxidation sites excluding steroid dienone is 2. The van der Waals surface area contributed by atoms with Crippen molar-refractivity contribution in [2.24, 2.45) is 50.3 Å². The lowest BCUT2D eigenvalue weighted by atomic mass is 9.45. The zero-order valence-electron chi connectivity index (χ0n) is 19.8. The lowest BCUT2D eigenvalue weighted by Gasteiger charge is -2.60. The molecule has 4 rings (SSSR count). The van der Waals surface area contributed by atoms with Crippen molar-refractivity contribution in [3.63, 3.8) is 0 Å². The van der Waals surface area contributed by atoms with Crippen molar-refractivity contribution in [3.05, 3.63) is 11.6 Å². The molecule has 3 fully saturated rings. The van der Waals surface area contributed by atoms with Gasteiger partial charge in [0.05, 0.1) is 24.1 Å². The number of hydrazone groups is 2. The molecule has 9 N–H and O–H groups in total. The summed E-state index contributed by atoms with van der Waals surface area (Å²) in [7, 11) is 0. The van der Waals surface area contributed by atoms with E-state index in [1.807, 2.05) is 13.0 Å². The second kappa shape index (κ2) is 8.62. The predicted octanol–water partition coefficient (Wildman–Crippen LogP) is 0.692. The highest BCUT2D eigenvalue weighted by Crippen LogP contribution is 2.67. The summed E-state index contributed by atoms with van der Waals surface area (Å²) < 4.78 is 0. The van der Waals surface area contributed by atoms with Gasteiger partial charge in [-0.1, -0.05) is 19.4 Å². The van der Waals surface area contributed by atoms with Crippen LogP contribution in [0.3, 0.4) is 0 Å². The van der Waals surface area contributed by atoms with Crippen LogP contribution in [-0.4, -0.2) is 57.1 Å². The third-order valence-electron chi connectivity index (χ3n) is 9.30. The van der Waals surface area contributed by atoms with Crippen LogP contribution in [0.2, 0.25) is 0 Å². The van der Waals surface area contributed by atoms with Crippen molar-refractivity contribution >= 4 is 23.5 Å². The summed E-state index contributed by atoms with van der Waals surface area (Å²) in [5.41, 5.74) is 14.4. The molecule has 4 amide bonds. The topological polar surface area (TPSA) is 196 Å². The van der Waals surface area contributed by atoms with Gasteiger partial charge < -0.3 is 26.8 Å². The Balaban J connectivity index is 1.65. The smallest absolute Gasteiger partial charge is 0.332 e. The molecule has 11 heteroatoms. The van der Waals surface area contributed by atoms with Gasteiger partial charge in [-0.2, -0.15) is 10.2 Å². The van der Waals surface area contributed by atoms with E-state index < -0.39 is 35.8 Å². The number of nitrogens with zero attached hydrogens (tertiary/aromatic N) is 2. The molecule has 0 radical (unpaired) electrons. The Morgan fingerprint density at radius 3 is 2.50 bits per heavy atom. The minimum Gasteiger partial charge on any atom is -0.393 e. The average Bonchev–Trinajstić information content (AvgIpc) is 3.03. The summed E-state index contributed by atoms with van der Waals surface area (Å²) in [6.07, 6.45) is 6.04. The SMILES string of the molecule is C[C@]12CC/C(=N\NC(N)=O)C=C1CC[C@@H]1[C@@H]2[C@@H](O)C[C@@]2(C)[C@H]1CC[C@]2(O)/C(CO)=N\NC(N)=O. The number of aliphatic hydroxyl groups excluding tert-OH is 2. The fourth-order valence-electron chi connectivity index (χ4n) is 7.77. The largest absolute Gasteiger partial charge is 0.393 e. The Morgan fingerprint density at radius 2 is 1.85 bits per heavy atom. The van der Waals surface area contributed by atoms with E-state index >= 15 is 0 Å². The minimum absolute atomic E-state index is 0.0248. The highest BCUT2D eigenvalue weighted by atomic mass is 16.3. The molecule has 0 aromatic heterocycles. The molecule has 0 saturated heterocycles. The fourth-order valence-corrected chi connectivity index (χ4v) is 7.77. The van der Waals surface area contributed by atoms with Crippen molar-refractivity contribution in [1.82, 2.24) is 10.9 Å². The van der Waals surface area contributed by atoms with Gasteiger partial charge in [0, 0.05) is 5.41 Å². The second-order valence-corrected chi connectivity index (χ2v) is 10.8. The molecular weight excluding hydrogens is 440 g/mol. The molecule has 0 aliphatic heterocycles. The van der Waals surface area contributed by atoms with Crippen molar-refractivity contribution in [1.29, 1.82) is 0 Å². The molecule has 0 heterocycles. The lowest BCUT2D eigenvalue weighted by molar-refractivity contribution is -0.151. The number of nitrogens with one attached hydrogen (secondary N) is 2. The minimum atomic E-state index is -1.45. The number of amides is 4. The van der Waals surface area contributed by atoms with Crippen LogP contribution in [0.4, 0.5) is 9.59 Å². The first-order chi connectivity index (χ1) is 16.0. The maximum absolute atomic E-state index is 11.8. The van der Waals surface area contributed by atoms with E-state index in [1.54, 1.807) is 0 Å². The zero-order chi connectivity index (χ0) is 24.9. The van der Waals surface area contributed by atoms with Crippen LogP contribution in [0.25, 0.3) is 0 Å². The average molecular weight is 477 g/mol. The Labute approximate surface area is 198 Å². The highest BCUT2D eigenvalue weighted by Gasteiger charge is 2.67. The van der Waals surface area contributed by atoms with Gasteiger partial charge in [-0.25, -0.2) is 20.4 Å². The molecule has 34 heavy (non-hydrogen) atoms. The Hall–Kier alpha value is -2.50. The summed E-state index contributed by atoms with van der Waals surface area (Å²) >= 11 is 0. The monoisotopic (exact) mass is 476 g/mol. The number of carbonyl (C=O) groups is 2. The number of aliphatic hydroxyl groups is 3. The summed E-state index contributed by atoms with van der Waals surface area (Å²) in [6, 6.07) is -1.57. The van der Waals surface area contributed by atoms with E-state index in [0.717, 1.165) is 31.4 Å². The molecule has 4 aliphatic carbocycles. The Bertz CT molecular complexity index is 965. The van der Waals surface area contributed by atoms with Crippen LogP contribution in [0.5, 0.6) is 0 Å². The number of fused-ring (bicyclic) bond motifs is 5. The predicted molar refractivity (Wildman–Crippen MR) is 125 cm³/mol. The number of primary amides is 2. The van der Waals surface area contributed by atoms with E-state index in [9.17, 15) is 24.9 Å². The van der Waals surface area contributed by atoms with Gasteiger partial charge in [-0.05, 0) is 74.2 Å². The van der Waals surface area contributed by atoms with E-state index in [-0.39, 0.29) is 28.9 Å². The standard InChI is InChI=1S/C23H36N6O5/c1-21-7-5-13(26-28-19(24)32)9-12(21)3-4-14-15-6-8-23(34,17(11-30)27-29-20(25)33)22(15,2)10-16(31)18(14)21/h9,14-16,18,30-31,34H,3-8,10-11H2,1-2H3,(H3,24,28,32)(H3,25,29,33)/b26-13+,27-17-/t14-,15-,16-,18+,21-,22-,23-/m0/s1. The number of hydrogen-bond acceptors (Lipinski definition) is 7. The first-order valence-electron chi connectivity index (χ1n) is 11.9. The van der Waals surface area contributed by atoms with E-state index in [0.29, 0.717) is 19.3 Å². The van der Waals surface area contributed by atoms with Gasteiger partial charge in [0.25, 0.3) is 0 Å². The van der Waals surface area contributed by atoms with E-state index in [1.165, 1.54) is 5.57 Å². The molecule has 0 spiro atoms. The van der Waals surface area contributed by atoms with Gasteiger partial charge in [0.2, 0.25) is 0 Å². The number of nitrogens with two attached hydrogens (primary N) is 2. The quantitative estimate of drug-likeness (QED) is 0.231. The maximum atomic E-state index is 11.8. The molecular formula is C23H36N6O5. The number of urea groups is 2. The highest BCUT2D eigenvalue weighted by molar-refractivity contribution is 5.97. The number of hydrogen-bond donors (Lipinski definition) is 7. The van der Waals surface area contributed by atoms with Crippen LogP contribution in [0.15, 0.2) is 21.9 Å². The fraction of sp³-hybridized carbons (Fsp3) is 0.739. The number of rotatable bonds is 4. The van der Waals surface area contributed by atoms with Gasteiger partial charge in [0.15, 0.2) is 0 Å². The van der Waals surface area contributed by atoms with Crippen molar-refractivity contribution in [2.75, 3.05) is 6.61 Å². The molecule has 0 bridgehead atoms. The van der Waals surface area contributed by atoms with Crippen LogP contribution in [-0.2, 0) is 0 Å². The van der Waals surface area contributed by atoms with Crippen molar-refractivity contribution < 1.29 is 24.9 Å². The van der Waals surface area contributed by atoms with Gasteiger partial charge in [-0.15, -0.1) is 0 Å². The first-order valence-corrected chi connectivity index (χ1v) is 11.9. The molecule has 188 valence electrons. The summed E-state index contributed by atoms with van der Waals surface area (Å²) in [6.45, 7) is 3.65. The second-order valence-electron chi connectivity index (χ2n) is 10.8. The molecule has 0 unspecified atom stereocenters. The molecule has 0 aromatic carbocycles. The molecule has 3 saturated carbocycles. The molecule has 7 atom stereocenters. The summed E-state index contributed by atoms with van der Waals surface area (Å²) in [5, 5.41) is 41.3. The van der Waals surface area contributed by atoms with E-state index in [4.69, 9.17) is 11.5 Å². The molecule has 11 nitrogen and oxygen atoms in total. The van der Waals surface area contributed by atoms with Gasteiger partial charge in [0.1, 0.15) is 5.60 Å². The summed E-state index contributed by atoms with van der Waals surface area (Å²) in [5.74, 6) is 0.342. The molecule has 4 aliphatic rings. The normalized spacial score (nSPS) is 42.8. The first kappa shape index (κ1) is 24.6. The van der Waals surface area contributed by atoms with Crippen LogP contribution >= 0.6 is 0 Å². The lowest BCUT2D eigenvalue weighted by Crippen LogP contribution is -2.62. The van der Waals surface area contributed by atoms with Crippen LogP contribution in [0.1, 0.15) is 58.8 Å². The van der Waals surface area contributed by atoms with Crippen LogP contribution in [0, 0.1) is 28.6 Å². The Kier molecular flexibility index (Phi) is 6.24. The third-order valence-corrected chi connectivity index (χ3v) is 9.30.